The molecule has 3 aromatic rings. The predicted molar refractivity (Wildman–Crippen MR) is 124 cm³/mol. The lowest BCUT2D eigenvalue weighted by Gasteiger charge is -2.17. The second kappa shape index (κ2) is 9.93. The van der Waals surface area contributed by atoms with Crippen molar-refractivity contribution >= 4 is 33.2 Å². The summed E-state index contributed by atoms with van der Waals surface area (Å²) < 4.78 is 38.0. The maximum Gasteiger partial charge on any atom is 0.261 e. The standard InChI is InChI=1S/C23H23ClN2O5S/c1-15(16-9-12-21(30-2)22(13-16)31-3)25-23(27)19-11-10-17(14-20(19)24)26-32(28,29)18-7-5-4-6-8-18/h4-15,26H,1-3H3,(H,25,27). The van der Waals surface area contributed by atoms with Gasteiger partial charge in [0, 0.05) is 0 Å². The number of amides is 1. The zero-order valence-corrected chi connectivity index (χ0v) is 19.3. The van der Waals surface area contributed by atoms with Gasteiger partial charge in [-0.25, -0.2) is 8.42 Å². The quantitative estimate of drug-likeness (QED) is 0.495. The highest BCUT2D eigenvalue weighted by Gasteiger charge is 2.18. The van der Waals surface area contributed by atoms with Crippen LogP contribution in [0, 0.1) is 0 Å². The van der Waals surface area contributed by atoms with Gasteiger partial charge in [-0.05, 0) is 55.0 Å². The molecule has 0 saturated carbocycles. The number of hydrogen-bond acceptors (Lipinski definition) is 5. The first-order valence-corrected chi connectivity index (χ1v) is 11.5. The monoisotopic (exact) mass is 474 g/mol. The van der Waals surface area contributed by atoms with Crippen molar-refractivity contribution in [1.29, 1.82) is 0 Å². The number of ether oxygens (including phenoxy) is 2. The van der Waals surface area contributed by atoms with Gasteiger partial charge in [0.1, 0.15) is 0 Å². The minimum Gasteiger partial charge on any atom is -0.493 e. The first kappa shape index (κ1) is 23.4. The van der Waals surface area contributed by atoms with E-state index in [9.17, 15) is 13.2 Å². The summed E-state index contributed by atoms with van der Waals surface area (Å²) in [6, 6.07) is 17.4. The van der Waals surface area contributed by atoms with Crippen LogP contribution in [0.15, 0.2) is 71.6 Å². The van der Waals surface area contributed by atoms with Crippen molar-refractivity contribution in [3.8, 4) is 11.5 Å². The van der Waals surface area contributed by atoms with E-state index < -0.39 is 15.9 Å². The van der Waals surface area contributed by atoms with Crippen molar-refractivity contribution < 1.29 is 22.7 Å². The van der Waals surface area contributed by atoms with Crippen molar-refractivity contribution in [3.05, 3.63) is 82.9 Å². The van der Waals surface area contributed by atoms with Crippen molar-refractivity contribution in [3.63, 3.8) is 0 Å². The highest BCUT2D eigenvalue weighted by atomic mass is 35.5. The molecule has 0 radical (unpaired) electrons. The van der Waals surface area contributed by atoms with Crippen LogP contribution >= 0.6 is 11.6 Å². The van der Waals surface area contributed by atoms with Gasteiger partial charge in [-0.1, -0.05) is 35.9 Å². The molecule has 0 aliphatic carbocycles. The van der Waals surface area contributed by atoms with Gasteiger partial charge in [-0.15, -0.1) is 0 Å². The van der Waals surface area contributed by atoms with Crippen LogP contribution in [0.25, 0.3) is 0 Å². The van der Waals surface area contributed by atoms with Crippen LogP contribution in [0.1, 0.15) is 28.9 Å². The molecule has 9 heteroatoms. The Morgan fingerprint density at radius 2 is 1.62 bits per heavy atom. The molecule has 3 rings (SSSR count). The van der Waals surface area contributed by atoms with Crippen LogP contribution in [0.3, 0.4) is 0 Å². The van der Waals surface area contributed by atoms with Crippen molar-refractivity contribution in [2.24, 2.45) is 0 Å². The maximum absolute atomic E-state index is 12.8. The molecule has 0 saturated heterocycles. The second-order valence-electron chi connectivity index (χ2n) is 6.92. The first-order chi connectivity index (χ1) is 15.2. The average Bonchev–Trinajstić information content (AvgIpc) is 2.78. The normalized spacial score (nSPS) is 12.0. The number of sulfonamides is 1. The molecule has 7 nitrogen and oxygen atoms in total. The van der Waals surface area contributed by atoms with E-state index in [0.717, 1.165) is 5.56 Å². The molecule has 0 heterocycles. The Morgan fingerprint density at radius 3 is 2.25 bits per heavy atom. The summed E-state index contributed by atoms with van der Waals surface area (Å²) >= 11 is 6.28. The number of rotatable bonds is 8. The number of carbonyl (C=O) groups excluding carboxylic acids is 1. The number of hydrogen-bond donors (Lipinski definition) is 2. The fourth-order valence-corrected chi connectivity index (χ4v) is 4.39. The van der Waals surface area contributed by atoms with Crippen LogP contribution in [-0.2, 0) is 10.0 Å². The van der Waals surface area contributed by atoms with Gasteiger partial charge in [0.05, 0.1) is 41.4 Å². The Hall–Kier alpha value is -3.23. The van der Waals surface area contributed by atoms with Crippen LogP contribution in [0.2, 0.25) is 5.02 Å². The average molecular weight is 475 g/mol. The van der Waals surface area contributed by atoms with Gasteiger partial charge < -0.3 is 14.8 Å². The molecule has 168 valence electrons. The molecule has 1 amide bonds. The lowest BCUT2D eigenvalue weighted by atomic mass is 10.1. The Morgan fingerprint density at radius 1 is 0.938 bits per heavy atom. The van der Waals surface area contributed by atoms with Crippen molar-refractivity contribution in [2.45, 2.75) is 17.9 Å². The van der Waals surface area contributed by atoms with E-state index in [0.29, 0.717) is 11.5 Å². The number of benzene rings is 3. The van der Waals surface area contributed by atoms with E-state index in [1.54, 1.807) is 37.4 Å². The summed E-state index contributed by atoms with van der Waals surface area (Å²) in [4.78, 5) is 12.9. The first-order valence-electron chi connectivity index (χ1n) is 9.65. The summed E-state index contributed by atoms with van der Waals surface area (Å²) in [6.45, 7) is 1.83. The highest BCUT2D eigenvalue weighted by Crippen LogP contribution is 2.30. The molecule has 1 unspecified atom stereocenters. The minimum atomic E-state index is -3.76. The van der Waals surface area contributed by atoms with E-state index in [4.69, 9.17) is 21.1 Å². The maximum atomic E-state index is 12.8. The topological polar surface area (TPSA) is 93.7 Å². The van der Waals surface area contributed by atoms with Gasteiger partial charge in [0.15, 0.2) is 11.5 Å². The SMILES string of the molecule is COc1ccc(C(C)NC(=O)c2ccc(NS(=O)(=O)c3ccccc3)cc2Cl)cc1OC. The minimum absolute atomic E-state index is 0.121. The molecule has 32 heavy (non-hydrogen) atoms. The number of carbonyl (C=O) groups is 1. The Kier molecular flexibility index (Phi) is 7.27. The lowest BCUT2D eigenvalue weighted by molar-refractivity contribution is 0.0940. The molecule has 0 aliphatic heterocycles. The second-order valence-corrected chi connectivity index (χ2v) is 9.01. The Labute approximate surface area is 192 Å². The van der Waals surface area contributed by atoms with E-state index in [2.05, 4.69) is 10.0 Å². The molecule has 0 bridgehead atoms. The number of nitrogens with one attached hydrogen (secondary N) is 2. The van der Waals surface area contributed by atoms with E-state index in [1.807, 2.05) is 13.0 Å². The molecular weight excluding hydrogens is 452 g/mol. The molecule has 1 atom stereocenters. The van der Waals surface area contributed by atoms with E-state index in [-0.39, 0.29) is 27.2 Å². The molecule has 3 aromatic carbocycles. The smallest absolute Gasteiger partial charge is 0.261 e. The molecular formula is C23H23ClN2O5S. The largest absolute Gasteiger partial charge is 0.493 e. The van der Waals surface area contributed by atoms with Crippen LogP contribution in [-0.4, -0.2) is 28.5 Å². The van der Waals surface area contributed by atoms with Crippen LogP contribution in [0.5, 0.6) is 11.5 Å². The lowest BCUT2D eigenvalue weighted by Crippen LogP contribution is -2.27. The van der Waals surface area contributed by atoms with Crippen LogP contribution < -0.4 is 19.5 Å². The summed E-state index contributed by atoms with van der Waals surface area (Å²) in [5.74, 6) is 0.750. The molecule has 0 spiro atoms. The fraction of sp³-hybridized carbons (Fsp3) is 0.174. The van der Waals surface area contributed by atoms with Gasteiger partial charge >= 0.3 is 0 Å². The van der Waals surface area contributed by atoms with Gasteiger partial charge in [-0.3, -0.25) is 9.52 Å². The predicted octanol–water partition coefficient (Wildman–Crippen LogP) is 4.65. The molecule has 0 aromatic heterocycles. The van der Waals surface area contributed by atoms with Gasteiger partial charge in [0.2, 0.25) is 0 Å². The van der Waals surface area contributed by atoms with Crippen molar-refractivity contribution in [1.82, 2.24) is 5.32 Å². The Balaban J connectivity index is 1.74. The van der Waals surface area contributed by atoms with Crippen molar-refractivity contribution in [2.75, 3.05) is 18.9 Å². The summed E-state index contributed by atoms with van der Waals surface area (Å²) in [7, 11) is -0.672. The molecule has 2 N–H and O–H groups in total. The van der Waals surface area contributed by atoms with E-state index in [1.165, 1.54) is 37.4 Å². The summed E-state index contributed by atoms with van der Waals surface area (Å²) in [5, 5.41) is 3.00. The summed E-state index contributed by atoms with van der Waals surface area (Å²) in [6.07, 6.45) is 0. The van der Waals surface area contributed by atoms with Crippen LogP contribution in [0.4, 0.5) is 5.69 Å². The summed E-state index contributed by atoms with van der Waals surface area (Å²) in [5.41, 5.74) is 1.30. The third kappa shape index (κ3) is 5.33. The highest BCUT2D eigenvalue weighted by molar-refractivity contribution is 7.92. The zero-order chi connectivity index (χ0) is 23.3. The number of methoxy groups -OCH3 is 2. The number of halogens is 1. The Bertz CT molecular complexity index is 1220. The fourth-order valence-electron chi connectivity index (χ4n) is 3.06. The third-order valence-electron chi connectivity index (χ3n) is 4.77. The van der Waals surface area contributed by atoms with Gasteiger partial charge in [0.25, 0.3) is 15.9 Å². The molecule has 0 fully saturated rings. The third-order valence-corrected chi connectivity index (χ3v) is 6.48. The number of anilines is 1. The van der Waals surface area contributed by atoms with E-state index >= 15 is 0 Å². The molecule has 0 aliphatic rings. The zero-order valence-electron chi connectivity index (χ0n) is 17.8. The van der Waals surface area contributed by atoms with Gasteiger partial charge in [-0.2, -0.15) is 0 Å².